The minimum Gasteiger partial charge on any atom is -0.318 e. The Bertz CT molecular complexity index is 242. The van der Waals surface area contributed by atoms with Crippen LogP contribution in [0.25, 0.3) is 0 Å². The average molecular weight is 178 g/mol. The quantitative estimate of drug-likeness (QED) is 0.685. The molecule has 3 N–H and O–H groups in total. The van der Waals surface area contributed by atoms with E-state index in [0.29, 0.717) is 6.67 Å². The van der Waals surface area contributed by atoms with Crippen LogP contribution in [-0.2, 0) is 5.41 Å². The van der Waals surface area contributed by atoms with Gasteiger partial charge in [-0.1, -0.05) is 44.2 Å². The zero-order chi connectivity index (χ0) is 9.73. The second-order valence-electron chi connectivity index (χ2n) is 3.88. The van der Waals surface area contributed by atoms with Gasteiger partial charge >= 0.3 is 0 Å². The van der Waals surface area contributed by atoms with Crippen molar-refractivity contribution < 1.29 is 0 Å². The van der Waals surface area contributed by atoms with E-state index in [-0.39, 0.29) is 5.41 Å². The first kappa shape index (κ1) is 10.2. The van der Waals surface area contributed by atoms with Crippen LogP contribution in [0.5, 0.6) is 0 Å². The van der Waals surface area contributed by atoms with E-state index in [9.17, 15) is 0 Å². The predicted octanol–water partition coefficient (Wildman–Crippen LogP) is 1.47. The fourth-order valence-electron chi connectivity index (χ4n) is 1.38. The summed E-state index contributed by atoms with van der Waals surface area (Å²) in [7, 11) is 0. The summed E-state index contributed by atoms with van der Waals surface area (Å²) in [5, 5.41) is 3.16. The van der Waals surface area contributed by atoms with Crippen molar-refractivity contribution in [2.45, 2.75) is 19.3 Å². The predicted molar refractivity (Wildman–Crippen MR) is 56.5 cm³/mol. The lowest BCUT2D eigenvalue weighted by atomic mass is 9.85. The normalized spacial score (nSPS) is 11.6. The molecule has 0 heterocycles. The summed E-state index contributed by atoms with van der Waals surface area (Å²) in [4.78, 5) is 0. The summed E-state index contributed by atoms with van der Waals surface area (Å²) in [6.45, 7) is 5.87. The van der Waals surface area contributed by atoms with Crippen LogP contribution in [0.2, 0.25) is 0 Å². The first-order chi connectivity index (χ1) is 6.17. The Labute approximate surface area is 80.1 Å². The first-order valence-electron chi connectivity index (χ1n) is 4.63. The van der Waals surface area contributed by atoms with Crippen LogP contribution in [0.4, 0.5) is 0 Å². The minimum atomic E-state index is 0.153. The molecule has 2 heteroatoms. The van der Waals surface area contributed by atoms with Gasteiger partial charge in [0.15, 0.2) is 0 Å². The third-order valence-electron chi connectivity index (χ3n) is 2.27. The molecule has 0 saturated heterocycles. The summed E-state index contributed by atoms with van der Waals surface area (Å²) in [5.41, 5.74) is 6.90. The van der Waals surface area contributed by atoms with Crippen molar-refractivity contribution in [3.63, 3.8) is 0 Å². The largest absolute Gasteiger partial charge is 0.318 e. The summed E-state index contributed by atoms with van der Waals surface area (Å²) in [6, 6.07) is 10.5. The number of hydrogen-bond acceptors (Lipinski definition) is 2. The van der Waals surface area contributed by atoms with E-state index in [1.165, 1.54) is 5.56 Å². The van der Waals surface area contributed by atoms with E-state index in [1.807, 2.05) is 6.07 Å². The maximum absolute atomic E-state index is 5.40. The highest BCUT2D eigenvalue weighted by atomic mass is 15.0. The lowest BCUT2D eigenvalue weighted by molar-refractivity contribution is 0.474. The van der Waals surface area contributed by atoms with Crippen molar-refractivity contribution in [3.05, 3.63) is 35.9 Å². The first-order valence-corrected chi connectivity index (χ1v) is 4.63. The molecule has 0 saturated carbocycles. The van der Waals surface area contributed by atoms with Gasteiger partial charge in [-0.3, -0.25) is 0 Å². The highest BCUT2D eigenvalue weighted by molar-refractivity contribution is 5.23. The molecule has 0 spiro atoms. The van der Waals surface area contributed by atoms with E-state index in [4.69, 9.17) is 5.73 Å². The Kier molecular flexibility index (Phi) is 3.46. The third kappa shape index (κ3) is 2.83. The van der Waals surface area contributed by atoms with Crippen LogP contribution < -0.4 is 11.1 Å². The molecule has 0 radical (unpaired) electrons. The molecule has 13 heavy (non-hydrogen) atoms. The lowest BCUT2D eigenvalue weighted by Gasteiger charge is -2.25. The van der Waals surface area contributed by atoms with Crippen molar-refractivity contribution >= 4 is 0 Å². The van der Waals surface area contributed by atoms with Gasteiger partial charge in [-0.25, -0.2) is 0 Å². The Morgan fingerprint density at radius 1 is 1.23 bits per heavy atom. The van der Waals surface area contributed by atoms with Gasteiger partial charge in [-0.05, 0) is 5.56 Å². The molecule has 0 aromatic heterocycles. The molecular weight excluding hydrogens is 160 g/mol. The molecule has 1 aromatic rings. The van der Waals surface area contributed by atoms with E-state index in [1.54, 1.807) is 0 Å². The molecule has 2 nitrogen and oxygen atoms in total. The Morgan fingerprint density at radius 2 is 1.85 bits per heavy atom. The van der Waals surface area contributed by atoms with Crippen LogP contribution in [0.1, 0.15) is 19.4 Å². The van der Waals surface area contributed by atoms with Gasteiger partial charge < -0.3 is 11.1 Å². The zero-order valence-electron chi connectivity index (χ0n) is 8.38. The number of rotatable bonds is 4. The SMILES string of the molecule is CC(C)(CNCN)c1ccccc1. The number of nitrogens with one attached hydrogen (secondary N) is 1. The van der Waals surface area contributed by atoms with Crippen LogP contribution in [-0.4, -0.2) is 13.2 Å². The molecule has 0 bridgehead atoms. The molecule has 1 rings (SSSR count). The van der Waals surface area contributed by atoms with Gasteiger partial charge in [0.05, 0.1) is 0 Å². The molecule has 0 aliphatic rings. The Balaban J connectivity index is 2.69. The highest BCUT2D eigenvalue weighted by Crippen LogP contribution is 2.21. The van der Waals surface area contributed by atoms with E-state index in [0.717, 1.165) is 6.54 Å². The van der Waals surface area contributed by atoms with Gasteiger partial charge in [0.1, 0.15) is 0 Å². The molecule has 0 fully saturated rings. The standard InChI is InChI=1S/C11H18N2/c1-11(2,8-13-9-12)10-6-4-3-5-7-10/h3-7,13H,8-9,12H2,1-2H3. The van der Waals surface area contributed by atoms with Gasteiger partial charge in [0.2, 0.25) is 0 Å². The van der Waals surface area contributed by atoms with Crippen LogP contribution in [0.15, 0.2) is 30.3 Å². The third-order valence-corrected chi connectivity index (χ3v) is 2.27. The van der Waals surface area contributed by atoms with Gasteiger partial charge in [-0.2, -0.15) is 0 Å². The Hall–Kier alpha value is -0.860. The second kappa shape index (κ2) is 4.40. The molecule has 0 atom stereocenters. The van der Waals surface area contributed by atoms with Gasteiger partial charge in [0, 0.05) is 18.6 Å². The van der Waals surface area contributed by atoms with Gasteiger partial charge in [-0.15, -0.1) is 0 Å². The summed E-state index contributed by atoms with van der Waals surface area (Å²) in [6.07, 6.45) is 0. The molecule has 0 aliphatic carbocycles. The van der Waals surface area contributed by atoms with E-state index < -0.39 is 0 Å². The van der Waals surface area contributed by atoms with Crippen molar-refractivity contribution in [2.75, 3.05) is 13.2 Å². The van der Waals surface area contributed by atoms with Crippen molar-refractivity contribution in [1.82, 2.24) is 5.32 Å². The zero-order valence-corrected chi connectivity index (χ0v) is 8.38. The Morgan fingerprint density at radius 3 is 2.38 bits per heavy atom. The fourth-order valence-corrected chi connectivity index (χ4v) is 1.38. The fraction of sp³-hybridized carbons (Fsp3) is 0.455. The number of benzene rings is 1. The van der Waals surface area contributed by atoms with E-state index >= 15 is 0 Å². The molecular formula is C11H18N2. The molecule has 0 unspecified atom stereocenters. The molecule has 72 valence electrons. The lowest BCUT2D eigenvalue weighted by Crippen LogP contribution is -2.35. The van der Waals surface area contributed by atoms with Crippen LogP contribution in [0, 0.1) is 0 Å². The van der Waals surface area contributed by atoms with Gasteiger partial charge in [0.25, 0.3) is 0 Å². The van der Waals surface area contributed by atoms with Crippen LogP contribution >= 0.6 is 0 Å². The minimum absolute atomic E-state index is 0.153. The maximum Gasteiger partial charge on any atom is 0.0429 e. The second-order valence-corrected chi connectivity index (χ2v) is 3.88. The summed E-state index contributed by atoms with van der Waals surface area (Å²) >= 11 is 0. The topological polar surface area (TPSA) is 38.0 Å². The smallest absolute Gasteiger partial charge is 0.0429 e. The molecule has 0 amide bonds. The highest BCUT2D eigenvalue weighted by Gasteiger charge is 2.18. The summed E-state index contributed by atoms with van der Waals surface area (Å²) in [5.74, 6) is 0. The van der Waals surface area contributed by atoms with Crippen molar-refractivity contribution in [2.24, 2.45) is 5.73 Å². The van der Waals surface area contributed by atoms with Crippen LogP contribution in [0.3, 0.4) is 0 Å². The monoisotopic (exact) mass is 178 g/mol. The molecule has 0 aliphatic heterocycles. The number of nitrogens with two attached hydrogens (primary N) is 1. The average Bonchev–Trinajstić information content (AvgIpc) is 2.16. The maximum atomic E-state index is 5.40. The van der Waals surface area contributed by atoms with Crippen molar-refractivity contribution in [1.29, 1.82) is 0 Å². The van der Waals surface area contributed by atoms with Crippen molar-refractivity contribution in [3.8, 4) is 0 Å². The molecule has 1 aromatic carbocycles. The summed E-state index contributed by atoms with van der Waals surface area (Å²) < 4.78 is 0. The van der Waals surface area contributed by atoms with E-state index in [2.05, 4.69) is 43.4 Å². The number of hydrogen-bond donors (Lipinski definition) is 2.